The molecule has 0 aromatic carbocycles. The Morgan fingerprint density at radius 2 is 2.18 bits per heavy atom. The van der Waals surface area contributed by atoms with E-state index in [1.807, 2.05) is 6.92 Å². The van der Waals surface area contributed by atoms with E-state index in [2.05, 4.69) is 5.16 Å². The fourth-order valence-corrected chi connectivity index (χ4v) is 1.65. The van der Waals surface area contributed by atoms with Crippen LogP contribution >= 0.6 is 0 Å². The largest absolute Gasteiger partial charge is 0.409 e. The first-order valence-electron chi connectivity index (χ1n) is 5.62. The van der Waals surface area contributed by atoms with Gasteiger partial charge in [-0.05, 0) is 6.92 Å². The van der Waals surface area contributed by atoms with E-state index in [-0.39, 0.29) is 17.9 Å². The number of nitrogens with zero attached hydrogens (tertiary/aromatic N) is 3. The molecule has 0 saturated carbocycles. The highest BCUT2D eigenvalue weighted by Crippen LogP contribution is 2.07. The Bertz CT molecular complexity index is 289. The number of urea groups is 1. The zero-order chi connectivity index (χ0) is 12.8. The van der Waals surface area contributed by atoms with Crippen LogP contribution in [-0.2, 0) is 4.74 Å². The molecular formula is C10H20N4O3. The van der Waals surface area contributed by atoms with E-state index in [1.165, 1.54) is 0 Å². The lowest BCUT2D eigenvalue weighted by Gasteiger charge is -2.33. The standard InChI is InChI=1S/C10H20N4O3/c1-8(7-9(11)12-16)13(2)10(15)14-3-5-17-6-4-14/h8,16H,3-7H2,1-2H3,(H2,11,12). The number of carbonyl (C=O) groups excluding carboxylic acids is 1. The number of nitrogens with two attached hydrogens (primary N) is 1. The Balaban J connectivity index is 2.49. The molecular weight excluding hydrogens is 224 g/mol. The number of oxime groups is 1. The highest BCUT2D eigenvalue weighted by molar-refractivity contribution is 5.81. The lowest BCUT2D eigenvalue weighted by atomic mass is 10.2. The van der Waals surface area contributed by atoms with Crippen molar-refractivity contribution < 1.29 is 14.7 Å². The third-order valence-electron chi connectivity index (χ3n) is 2.88. The van der Waals surface area contributed by atoms with Gasteiger partial charge in [0.15, 0.2) is 0 Å². The molecule has 0 radical (unpaired) electrons. The summed E-state index contributed by atoms with van der Waals surface area (Å²) >= 11 is 0. The molecule has 1 aliphatic rings. The van der Waals surface area contributed by atoms with Gasteiger partial charge in [0, 0.05) is 32.6 Å². The molecule has 1 unspecified atom stereocenters. The van der Waals surface area contributed by atoms with Crippen molar-refractivity contribution in [3.8, 4) is 0 Å². The lowest BCUT2D eigenvalue weighted by molar-refractivity contribution is 0.0428. The van der Waals surface area contributed by atoms with Gasteiger partial charge in [-0.1, -0.05) is 5.16 Å². The molecule has 0 aromatic heterocycles. The maximum Gasteiger partial charge on any atom is 0.320 e. The van der Waals surface area contributed by atoms with E-state index in [9.17, 15) is 4.79 Å². The SMILES string of the molecule is CC(CC(N)=NO)N(C)C(=O)N1CCOCC1. The molecule has 1 rings (SSSR count). The van der Waals surface area contributed by atoms with Crippen LogP contribution in [0.15, 0.2) is 5.16 Å². The second-order valence-corrected chi connectivity index (χ2v) is 4.14. The van der Waals surface area contributed by atoms with E-state index in [0.717, 1.165) is 0 Å². The summed E-state index contributed by atoms with van der Waals surface area (Å²) in [6.45, 7) is 4.23. The van der Waals surface area contributed by atoms with Crippen molar-refractivity contribution >= 4 is 11.9 Å². The number of carbonyl (C=O) groups is 1. The van der Waals surface area contributed by atoms with Crippen LogP contribution in [-0.4, -0.2) is 66.3 Å². The minimum atomic E-state index is -0.110. The van der Waals surface area contributed by atoms with Gasteiger partial charge in [-0.2, -0.15) is 0 Å². The third kappa shape index (κ3) is 3.77. The van der Waals surface area contributed by atoms with E-state index < -0.39 is 0 Å². The Kier molecular flexibility index (Phi) is 5.02. The summed E-state index contributed by atoms with van der Waals surface area (Å²) in [4.78, 5) is 15.4. The van der Waals surface area contributed by atoms with Crippen molar-refractivity contribution in [1.29, 1.82) is 0 Å². The van der Waals surface area contributed by atoms with Crippen molar-refractivity contribution in [2.24, 2.45) is 10.9 Å². The summed E-state index contributed by atoms with van der Waals surface area (Å²) in [6.07, 6.45) is 0.350. The minimum Gasteiger partial charge on any atom is -0.409 e. The number of morpholine rings is 1. The van der Waals surface area contributed by atoms with Crippen LogP contribution in [0.1, 0.15) is 13.3 Å². The predicted octanol–water partition coefficient (Wildman–Crippen LogP) is -0.105. The average Bonchev–Trinajstić information content (AvgIpc) is 2.37. The normalized spacial score (nSPS) is 18.9. The first-order chi connectivity index (χ1) is 8.06. The maximum atomic E-state index is 12.1. The number of hydrogen-bond acceptors (Lipinski definition) is 4. The molecule has 7 heteroatoms. The molecule has 17 heavy (non-hydrogen) atoms. The molecule has 0 aliphatic carbocycles. The number of rotatable bonds is 3. The first-order valence-corrected chi connectivity index (χ1v) is 5.62. The Labute approximate surface area is 101 Å². The molecule has 0 spiro atoms. The van der Waals surface area contributed by atoms with Crippen LogP contribution < -0.4 is 5.73 Å². The summed E-state index contributed by atoms with van der Waals surface area (Å²) in [5.41, 5.74) is 5.42. The molecule has 1 heterocycles. The lowest BCUT2D eigenvalue weighted by Crippen LogP contribution is -2.50. The van der Waals surface area contributed by atoms with Gasteiger partial charge in [0.05, 0.1) is 13.2 Å². The molecule has 7 nitrogen and oxygen atoms in total. The second kappa shape index (κ2) is 6.29. The Morgan fingerprint density at radius 1 is 1.59 bits per heavy atom. The van der Waals surface area contributed by atoms with Gasteiger partial charge in [0.2, 0.25) is 0 Å². The topological polar surface area (TPSA) is 91.4 Å². The van der Waals surface area contributed by atoms with Gasteiger partial charge in [-0.15, -0.1) is 0 Å². The first kappa shape index (κ1) is 13.6. The van der Waals surface area contributed by atoms with E-state index in [4.69, 9.17) is 15.7 Å². The van der Waals surface area contributed by atoms with Gasteiger partial charge in [-0.25, -0.2) is 4.79 Å². The Hall–Kier alpha value is -1.50. The summed E-state index contributed by atoms with van der Waals surface area (Å²) < 4.78 is 5.19. The Morgan fingerprint density at radius 3 is 2.71 bits per heavy atom. The summed E-state index contributed by atoms with van der Waals surface area (Å²) in [5.74, 6) is 0.124. The van der Waals surface area contributed by atoms with Gasteiger partial charge >= 0.3 is 6.03 Å². The summed E-state index contributed by atoms with van der Waals surface area (Å²) in [7, 11) is 1.72. The van der Waals surface area contributed by atoms with Gasteiger partial charge in [0.25, 0.3) is 0 Å². The van der Waals surface area contributed by atoms with Crippen molar-refractivity contribution in [1.82, 2.24) is 9.80 Å². The maximum absolute atomic E-state index is 12.1. The molecule has 1 fully saturated rings. The highest BCUT2D eigenvalue weighted by atomic mass is 16.5. The molecule has 2 amide bonds. The minimum absolute atomic E-state index is 0.0495. The van der Waals surface area contributed by atoms with Crippen LogP contribution in [0, 0.1) is 0 Å². The zero-order valence-electron chi connectivity index (χ0n) is 10.3. The van der Waals surface area contributed by atoms with Gasteiger partial charge in [0.1, 0.15) is 5.84 Å². The summed E-state index contributed by atoms with van der Waals surface area (Å²) in [5, 5.41) is 11.4. The monoisotopic (exact) mass is 244 g/mol. The quantitative estimate of drug-likeness (QED) is 0.314. The predicted molar refractivity (Wildman–Crippen MR) is 63.0 cm³/mol. The van der Waals surface area contributed by atoms with Crippen molar-refractivity contribution in [3.63, 3.8) is 0 Å². The third-order valence-corrected chi connectivity index (χ3v) is 2.88. The van der Waals surface area contributed by atoms with Crippen LogP contribution in [0.2, 0.25) is 0 Å². The highest BCUT2D eigenvalue weighted by Gasteiger charge is 2.23. The second-order valence-electron chi connectivity index (χ2n) is 4.14. The molecule has 3 N–H and O–H groups in total. The van der Waals surface area contributed by atoms with Crippen molar-refractivity contribution in [2.75, 3.05) is 33.4 Å². The van der Waals surface area contributed by atoms with Crippen LogP contribution in [0.3, 0.4) is 0 Å². The molecule has 98 valence electrons. The fourth-order valence-electron chi connectivity index (χ4n) is 1.65. The number of amides is 2. The molecule has 1 aliphatic heterocycles. The fraction of sp³-hybridized carbons (Fsp3) is 0.800. The van der Waals surface area contributed by atoms with Gasteiger partial charge < -0.3 is 25.5 Å². The van der Waals surface area contributed by atoms with Crippen LogP contribution in [0.5, 0.6) is 0 Å². The molecule has 1 atom stereocenters. The van der Waals surface area contributed by atoms with E-state index in [1.54, 1.807) is 16.8 Å². The van der Waals surface area contributed by atoms with Gasteiger partial charge in [-0.3, -0.25) is 0 Å². The zero-order valence-corrected chi connectivity index (χ0v) is 10.3. The number of ether oxygens (including phenoxy) is 1. The van der Waals surface area contributed by atoms with Crippen LogP contribution in [0.25, 0.3) is 0 Å². The average molecular weight is 244 g/mol. The number of amidine groups is 1. The van der Waals surface area contributed by atoms with Crippen molar-refractivity contribution in [3.05, 3.63) is 0 Å². The number of hydrogen-bond donors (Lipinski definition) is 2. The van der Waals surface area contributed by atoms with E-state index >= 15 is 0 Å². The molecule has 0 aromatic rings. The molecule has 0 bridgehead atoms. The van der Waals surface area contributed by atoms with E-state index in [0.29, 0.717) is 32.7 Å². The smallest absolute Gasteiger partial charge is 0.320 e. The van der Waals surface area contributed by atoms with Crippen molar-refractivity contribution in [2.45, 2.75) is 19.4 Å². The van der Waals surface area contributed by atoms with Crippen LogP contribution in [0.4, 0.5) is 4.79 Å². The molecule has 1 saturated heterocycles. The summed E-state index contributed by atoms with van der Waals surface area (Å²) in [6, 6.07) is -0.159.